The lowest BCUT2D eigenvalue weighted by Gasteiger charge is -2.15. The molecule has 0 radical (unpaired) electrons. The number of halogens is 2. The average molecular weight is 347 g/mol. The summed E-state index contributed by atoms with van der Waals surface area (Å²) >= 11 is 1.49. The molecule has 24 heavy (non-hydrogen) atoms. The molecular weight excluding hydrogens is 328 g/mol. The van der Waals surface area contributed by atoms with E-state index in [1.54, 1.807) is 5.38 Å². The monoisotopic (exact) mass is 347 g/mol. The van der Waals surface area contributed by atoms with Gasteiger partial charge in [-0.2, -0.15) is 0 Å². The normalized spacial score (nSPS) is 26.0. The molecule has 3 unspecified atom stereocenters. The molecule has 2 nitrogen and oxygen atoms in total. The number of amides is 1. The van der Waals surface area contributed by atoms with E-state index in [1.165, 1.54) is 29.5 Å². The summed E-state index contributed by atoms with van der Waals surface area (Å²) < 4.78 is 27.8. The van der Waals surface area contributed by atoms with E-state index >= 15 is 0 Å². The number of carbonyl (C=O) groups is 1. The Balaban J connectivity index is 1.50. The molecular formula is C19H19F2NOS. The van der Waals surface area contributed by atoms with Gasteiger partial charge in [-0.15, -0.1) is 11.3 Å². The fourth-order valence-electron chi connectivity index (χ4n) is 3.60. The first-order valence-electron chi connectivity index (χ1n) is 8.36. The van der Waals surface area contributed by atoms with E-state index < -0.39 is 11.6 Å². The van der Waals surface area contributed by atoms with E-state index in [-0.39, 0.29) is 23.3 Å². The van der Waals surface area contributed by atoms with Crippen molar-refractivity contribution >= 4 is 17.2 Å². The topological polar surface area (TPSA) is 20.3 Å². The Morgan fingerprint density at radius 2 is 2.04 bits per heavy atom. The predicted octanol–water partition coefficient (Wildman–Crippen LogP) is 4.67. The number of nitrogens with zero attached hydrogens (tertiary/aromatic N) is 1. The highest BCUT2D eigenvalue weighted by Crippen LogP contribution is 2.51. The summed E-state index contributed by atoms with van der Waals surface area (Å²) in [5.41, 5.74) is 0.593. The Labute approximate surface area is 144 Å². The average Bonchev–Trinajstić information content (AvgIpc) is 2.98. The Morgan fingerprint density at radius 3 is 2.71 bits per heavy atom. The summed E-state index contributed by atoms with van der Waals surface area (Å²) in [6, 6.07) is 5.76. The van der Waals surface area contributed by atoms with E-state index in [1.807, 2.05) is 11.0 Å². The fraction of sp³-hybridized carbons (Fsp3) is 0.421. The quantitative estimate of drug-likeness (QED) is 0.790. The number of thiophene rings is 1. The summed E-state index contributed by atoms with van der Waals surface area (Å²) in [5, 5.41) is 1.79. The highest BCUT2D eigenvalue weighted by atomic mass is 32.1. The van der Waals surface area contributed by atoms with Crippen LogP contribution in [0.1, 0.15) is 30.6 Å². The molecule has 0 N–H and O–H groups in total. The van der Waals surface area contributed by atoms with Crippen molar-refractivity contribution < 1.29 is 13.6 Å². The van der Waals surface area contributed by atoms with Gasteiger partial charge in [0.05, 0.1) is 5.56 Å². The molecule has 0 bridgehead atoms. The van der Waals surface area contributed by atoms with Gasteiger partial charge in [-0.3, -0.25) is 4.79 Å². The van der Waals surface area contributed by atoms with Crippen LogP contribution in [0.3, 0.4) is 0 Å². The maximum absolute atomic E-state index is 13.9. The second-order valence-electron chi connectivity index (χ2n) is 6.96. The zero-order valence-electron chi connectivity index (χ0n) is 13.5. The molecule has 1 aliphatic heterocycles. The molecule has 3 atom stereocenters. The molecule has 1 aromatic carbocycles. The largest absolute Gasteiger partial charge is 0.342 e. The van der Waals surface area contributed by atoms with Gasteiger partial charge in [0.1, 0.15) is 11.6 Å². The minimum absolute atomic E-state index is 0.0249. The zero-order valence-corrected chi connectivity index (χ0v) is 14.3. The van der Waals surface area contributed by atoms with Crippen molar-refractivity contribution in [2.45, 2.75) is 25.7 Å². The molecule has 0 spiro atoms. The smallest absolute Gasteiger partial charge is 0.226 e. The highest BCUT2D eigenvalue weighted by molar-refractivity contribution is 7.10. The lowest BCUT2D eigenvalue weighted by molar-refractivity contribution is -0.131. The number of rotatable bonds is 3. The van der Waals surface area contributed by atoms with Crippen molar-refractivity contribution in [3.63, 3.8) is 0 Å². The molecule has 1 aromatic heterocycles. The van der Waals surface area contributed by atoms with Gasteiger partial charge in [-0.05, 0) is 47.9 Å². The molecule has 2 heterocycles. The maximum atomic E-state index is 13.9. The minimum Gasteiger partial charge on any atom is -0.342 e. The van der Waals surface area contributed by atoms with Crippen molar-refractivity contribution in [3.8, 4) is 11.1 Å². The van der Waals surface area contributed by atoms with Gasteiger partial charge >= 0.3 is 0 Å². The molecule has 2 fully saturated rings. The molecule has 2 aliphatic rings. The second kappa shape index (κ2) is 5.96. The molecule has 1 saturated heterocycles. The first kappa shape index (κ1) is 15.8. The van der Waals surface area contributed by atoms with Crippen LogP contribution in [0.15, 0.2) is 29.6 Å². The van der Waals surface area contributed by atoms with Crippen LogP contribution in [-0.4, -0.2) is 23.9 Å². The van der Waals surface area contributed by atoms with E-state index in [4.69, 9.17) is 0 Å². The van der Waals surface area contributed by atoms with Gasteiger partial charge in [0.25, 0.3) is 0 Å². The van der Waals surface area contributed by atoms with E-state index in [0.717, 1.165) is 30.8 Å². The number of hydrogen-bond acceptors (Lipinski definition) is 2. The van der Waals surface area contributed by atoms with Crippen molar-refractivity contribution in [2.24, 2.45) is 11.8 Å². The standard InChI is InChI=1S/C19H19F2NOS/c1-11-5-6-22(9-11)19(23)14-8-13(14)17-7-12(10-24-17)18-15(20)3-2-4-16(18)21/h2-4,7,10-11,13-14H,5-6,8-9H2,1H3. The van der Waals surface area contributed by atoms with Crippen LogP contribution in [0.4, 0.5) is 8.78 Å². The molecule has 126 valence electrons. The molecule has 5 heteroatoms. The van der Waals surface area contributed by atoms with E-state index in [2.05, 4.69) is 6.92 Å². The van der Waals surface area contributed by atoms with Crippen LogP contribution in [0.25, 0.3) is 11.1 Å². The third-order valence-corrected chi connectivity index (χ3v) is 6.14. The van der Waals surface area contributed by atoms with Gasteiger partial charge in [0.15, 0.2) is 0 Å². The number of benzene rings is 1. The SMILES string of the molecule is CC1CCN(C(=O)C2CC2c2cc(-c3c(F)cccc3F)cs2)C1. The van der Waals surface area contributed by atoms with Gasteiger partial charge in [-0.25, -0.2) is 8.78 Å². The zero-order chi connectivity index (χ0) is 16.8. The Hall–Kier alpha value is -1.75. The first-order chi connectivity index (χ1) is 11.5. The Bertz CT molecular complexity index is 767. The number of likely N-dealkylation sites (tertiary alicyclic amines) is 1. The van der Waals surface area contributed by atoms with Gasteiger partial charge < -0.3 is 4.90 Å². The third-order valence-electron chi connectivity index (χ3n) is 5.08. The van der Waals surface area contributed by atoms with Crippen molar-refractivity contribution in [1.29, 1.82) is 0 Å². The predicted molar refractivity (Wildman–Crippen MR) is 90.9 cm³/mol. The van der Waals surface area contributed by atoms with Crippen molar-refractivity contribution in [3.05, 3.63) is 46.2 Å². The molecule has 1 saturated carbocycles. The first-order valence-corrected chi connectivity index (χ1v) is 9.24. The van der Waals surface area contributed by atoms with Gasteiger partial charge in [-0.1, -0.05) is 13.0 Å². The van der Waals surface area contributed by atoms with Crippen LogP contribution in [0, 0.1) is 23.5 Å². The lowest BCUT2D eigenvalue weighted by Crippen LogP contribution is -2.30. The summed E-state index contributed by atoms with van der Waals surface area (Å²) in [7, 11) is 0. The summed E-state index contributed by atoms with van der Waals surface area (Å²) in [5.74, 6) is -0.00296. The molecule has 1 amide bonds. The second-order valence-corrected chi connectivity index (χ2v) is 7.90. The van der Waals surface area contributed by atoms with Crippen LogP contribution in [-0.2, 0) is 4.79 Å². The summed E-state index contributed by atoms with van der Waals surface area (Å²) in [4.78, 5) is 15.6. The number of carbonyl (C=O) groups excluding carboxylic acids is 1. The molecule has 4 rings (SSSR count). The Kier molecular flexibility index (Phi) is 3.91. The molecule has 1 aliphatic carbocycles. The van der Waals surface area contributed by atoms with E-state index in [0.29, 0.717) is 11.5 Å². The molecule has 2 aromatic rings. The summed E-state index contributed by atoms with van der Waals surface area (Å²) in [6.07, 6.45) is 1.93. The highest BCUT2D eigenvalue weighted by Gasteiger charge is 2.47. The maximum Gasteiger partial charge on any atom is 0.226 e. The third kappa shape index (κ3) is 2.75. The van der Waals surface area contributed by atoms with Crippen LogP contribution in [0.5, 0.6) is 0 Å². The van der Waals surface area contributed by atoms with Crippen molar-refractivity contribution in [1.82, 2.24) is 4.90 Å². The van der Waals surface area contributed by atoms with Crippen LogP contribution in [0.2, 0.25) is 0 Å². The van der Waals surface area contributed by atoms with Gasteiger partial charge in [0.2, 0.25) is 5.91 Å². The Morgan fingerprint density at radius 1 is 1.29 bits per heavy atom. The van der Waals surface area contributed by atoms with Crippen LogP contribution < -0.4 is 0 Å². The lowest BCUT2D eigenvalue weighted by atomic mass is 10.1. The van der Waals surface area contributed by atoms with Crippen molar-refractivity contribution in [2.75, 3.05) is 13.1 Å². The summed E-state index contributed by atoms with van der Waals surface area (Å²) in [6.45, 7) is 3.89. The minimum atomic E-state index is -0.547. The van der Waals surface area contributed by atoms with Crippen LogP contribution >= 0.6 is 11.3 Å². The fourth-order valence-corrected chi connectivity index (χ4v) is 4.68. The van der Waals surface area contributed by atoms with Gasteiger partial charge in [0, 0.05) is 29.8 Å². The number of hydrogen-bond donors (Lipinski definition) is 0. The van der Waals surface area contributed by atoms with E-state index in [9.17, 15) is 13.6 Å².